The summed E-state index contributed by atoms with van der Waals surface area (Å²) in [5.41, 5.74) is 1.68. The van der Waals surface area contributed by atoms with Crippen molar-refractivity contribution in [3.63, 3.8) is 0 Å². The molecule has 0 aliphatic rings. The number of pyridine rings is 1. The van der Waals surface area contributed by atoms with E-state index in [1.807, 2.05) is 12.1 Å². The van der Waals surface area contributed by atoms with Crippen molar-refractivity contribution < 1.29 is 9.47 Å². The molecule has 100 valence electrons. The van der Waals surface area contributed by atoms with E-state index in [0.29, 0.717) is 24.6 Å². The molecule has 0 bridgehead atoms. The smallest absolute Gasteiger partial charge is 0.183 e. The van der Waals surface area contributed by atoms with E-state index >= 15 is 0 Å². The third-order valence-corrected chi connectivity index (χ3v) is 2.59. The summed E-state index contributed by atoms with van der Waals surface area (Å²) in [7, 11) is 3.21. The van der Waals surface area contributed by atoms with Crippen LogP contribution in [0.25, 0.3) is 0 Å². The minimum absolute atomic E-state index is 0.566. The first-order valence-corrected chi connectivity index (χ1v) is 5.88. The largest absolute Gasteiger partial charge is 0.493 e. The molecule has 0 aliphatic heterocycles. The zero-order valence-corrected chi connectivity index (χ0v) is 11.0. The van der Waals surface area contributed by atoms with Crippen molar-refractivity contribution in [2.45, 2.75) is 13.1 Å². The first kappa shape index (κ1) is 13.2. The van der Waals surface area contributed by atoms with Crippen molar-refractivity contribution >= 4 is 0 Å². The Morgan fingerprint density at radius 1 is 1.11 bits per heavy atom. The van der Waals surface area contributed by atoms with Crippen LogP contribution >= 0.6 is 0 Å². The predicted molar refractivity (Wildman–Crippen MR) is 69.9 cm³/mol. The first-order valence-electron chi connectivity index (χ1n) is 5.88. The van der Waals surface area contributed by atoms with Gasteiger partial charge in [0.25, 0.3) is 0 Å². The van der Waals surface area contributed by atoms with Gasteiger partial charge in [0, 0.05) is 31.5 Å². The van der Waals surface area contributed by atoms with Crippen molar-refractivity contribution in [3.05, 3.63) is 42.0 Å². The van der Waals surface area contributed by atoms with E-state index in [1.165, 1.54) is 0 Å². The fourth-order valence-electron chi connectivity index (χ4n) is 1.71. The van der Waals surface area contributed by atoms with E-state index in [9.17, 15) is 0 Å². The van der Waals surface area contributed by atoms with E-state index in [-0.39, 0.29) is 0 Å². The maximum Gasteiger partial charge on any atom is 0.183 e. The molecule has 0 spiro atoms. The summed E-state index contributed by atoms with van der Waals surface area (Å²) in [6.07, 6.45) is 3.34. The maximum atomic E-state index is 5.31. The molecule has 6 heteroatoms. The van der Waals surface area contributed by atoms with E-state index in [1.54, 1.807) is 32.7 Å². The van der Waals surface area contributed by atoms with Gasteiger partial charge in [-0.25, -0.2) is 0 Å². The van der Waals surface area contributed by atoms with Gasteiger partial charge in [0.1, 0.15) is 0 Å². The van der Waals surface area contributed by atoms with Gasteiger partial charge < -0.3 is 14.8 Å². The Bertz CT molecular complexity index is 519. The summed E-state index contributed by atoms with van der Waals surface area (Å²) in [5, 5.41) is 11.1. The van der Waals surface area contributed by atoms with Gasteiger partial charge in [0.2, 0.25) is 0 Å². The minimum atomic E-state index is 0.566. The maximum absolute atomic E-state index is 5.31. The molecule has 0 fully saturated rings. The molecule has 2 rings (SSSR count). The molecule has 0 aliphatic carbocycles. The van der Waals surface area contributed by atoms with Crippen molar-refractivity contribution in [3.8, 4) is 11.5 Å². The van der Waals surface area contributed by atoms with E-state index < -0.39 is 0 Å². The number of hydrogen-bond donors (Lipinski definition) is 1. The number of rotatable bonds is 6. The van der Waals surface area contributed by atoms with Crippen LogP contribution in [0.4, 0.5) is 0 Å². The second kappa shape index (κ2) is 6.65. The fraction of sp³-hybridized carbons (Fsp3) is 0.308. The number of ether oxygens (including phenoxy) is 2. The van der Waals surface area contributed by atoms with Crippen LogP contribution in [0.5, 0.6) is 11.5 Å². The lowest BCUT2D eigenvalue weighted by Gasteiger charge is -2.11. The molecular weight excluding hydrogens is 244 g/mol. The highest BCUT2D eigenvalue weighted by Gasteiger charge is 2.10. The summed E-state index contributed by atoms with van der Waals surface area (Å²) >= 11 is 0. The van der Waals surface area contributed by atoms with Gasteiger partial charge in [0.15, 0.2) is 11.5 Å². The molecule has 2 aromatic rings. The summed E-state index contributed by atoms with van der Waals surface area (Å²) in [6.45, 7) is 1.19. The topological polar surface area (TPSA) is 69.2 Å². The van der Waals surface area contributed by atoms with Crippen LogP contribution in [0.2, 0.25) is 0 Å². The van der Waals surface area contributed by atoms with Crippen molar-refractivity contribution in [1.82, 2.24) is 20.5 Å². The highest BCUT2D eigenvalue weighted by Crippen LogP contribution is 2.28. The number of hydrogen-bond acceptors (Lipinski definition) is 6. The predicted octanol–water partition coefficient (Wildman–Crippen LogP) is 1.18. The SMILES string of the molecule is COc1ccnc(CNCc2cccnn2)c1OC. The molecule has 1 N–H and O–H groups in total. The lowest BCUT2D eigenvalue weighted by Crippen LogP contribution is -2.15. The van der Waals surface area contributed by atoms with E-state index in [0.717, 1.165) is 11.4 Å². The molecular formula is C13H16N4O2. The number of methoxy groups -OCH3 is 2. The van der Waals surface area contributed by atoms with Gasteiger partial charge in [0.05, 0.1) is 25.6 Å². The zero-order chi connectivity index (χ0) is 13.5. The number of nitrogens with zero attached hydrogens (tertiary/aromatic N) is 3. The van der Waals surface area contributed by atoms with E-state index in [4.69, 9.17) is 9.47 Å². The molecule has 0 atom stereocenters. The third kappa shape index (κ3) is 3.38. The minimum Gasteiger partial charge on any atom is -0.493 e. The van der Waals surface area contributed by atoms with Crippen molar-refractivity contribution in [2.24, 2.45) is 0 Å². The molecule has 6 nitrogen and oxygen atoms in total. The Morgan fingerprint density at radius 3 is 2.68 bits per heavy atom. The second-order valence-electron chi connectivity index (χ2n) is 3.81. The molecule has 2 heterocycles. The van der Waals surface area contributed by atoms with Crippen LogP contribution in [0.15, 0.2) is 30.6 Å². The van der Waals surface area contributed by atoms with Gasteiger partial charge >= 0.3 is 0 Å². The van der Waals surface area contributed by atoms with Crippen LogP contribution in [-0.2, 0) is 13.1 Å². The molecule has 0 amide bonds. The lowest BCUT2D eigenvalue weighted by atomic mass is 10.3. The fourth-order valence-corrected chi connectivity index (χ4v) is 1.71. The molecule has 0 saturated heterocycles. The monoisotopic (exact) mass is 260 g/mol. The summed E-state index contributed by atoms with van der Waals surface area (Å²) in [4.78, 5) is 4.29. The normalized spacial score (nSPS) is 10.2. The van der Waals surface area contributed by atoms with Crippen LogP contribution in [-0.4, -0.2) is 29.4 Å². The third-order valence-electron chi connectivity index (χ3n) is 2.59. The Morgan fingerprint density at radius 2 is 2.00 bits per heavy atom. The zero-order valence-electron chi connectivity index (χ0n) is 11.0. The van der Waals surface area contributed by atoms with Gasteiger partial charge in [-0.3, -0.25) is 4.98 Å². The highest BCUT2D eigenvalue weighted by molar-refractivity contribution is 5.42. The van der Waals surface area contributed by atoms with Crippen LogP contribution in [0, 0.1) is 0 Å². The average molecular weight is 260 g/mol. The number of nitrogens with one attached hydrogen (secondary N) is 1. The first-order chi connectivity index (χ1) is 9.35. The quantitative estimate of drug-likeness (QED) is 0.841. The molecule has 19 heavy (non-hydrogen) atoms. The molecule has 0 aromatic carbocycles. The molecule has 0 unspecified atom stereocenters. The summed E-state index contributed by atoms with van der Waals surface area (Å²) in [5.74, 6) is 1.32. The standard InChI is InChI=1S/C13H16N4O2/c1-18-12-5-7-15-11(13(12)19-2)9-14-8-10-4-3-6-16-17-10/h3-7,14H,8-9H2,1-2H3. The highest BCUT2D eigenvalue weighted by atomic mass is 16.5. The van der Waals surface area contributed by atoms with E-state index in [2.05, 4.69) is 20.5 Å². The Balaban J connectivity index is 2.00. The van der Waals surface area contributed by atoms with Gasteiger partial charge in [-0.2, -0.15) is 10.2 Å². The Labute approximate surface area is 111 Å². The summed E-state index contributed by atoms with van der Waals surface area (Å²) in [6, 6.07) is 5.54. The van der Waals surface area contributed by atoms with Crippen molar-refractivity contribution in [1.29, 1.82) is 0 Å². The lowest BCUT2D eigenvalue weighted by molar-refractivity contribution is 0.348. The molecule has 2 aromatic heterocycles. The van der Waals surface area contributed by atoms with Gasteiger partial charge in [-0.05, 0) is 12.1 Å². The molecule has 0 saturated carbocycles. The average Bonchev–Trinajstić information content (AvgIpc) is 2.48. The van der Waals surface area contributed by atoms with Crippen LogP contribution in [0.1, 0.15) is 11.4 Å². The van der Waals surface area contributed by atoms with Crippen LogP contribution < -0.4 is 14.8 Å². The van der Waals surface area contributed by atoms with Gasteiger partial charge in [-0.15, -0.1) is 0 Å². The second-order valence-corrected chi connectivity index (χ2v) is 3.81. The van der Waals surface area contributed by atoms with Gasteiger partial charge in [-0.1, -0.05) is 0 Å². The number of aromatic nitrogens is 3. The molecule has 0 radical (unpaired) electrons. The summed E-state index contributed by atoms with van der Waals surface area (Å²) < 4.78 is 10.5. The van der Waals surface area contributed by atoms with Crippen LogP contribution in [0.3, 0.4) is 0 Å². The Kier molecular flexibility index (Phi) is 4.63. The van der Waals surface area contributed by atoms with Crippen molar-refractivity contribution in [2.75, 3.05) is 14.2 Å². The Hall–Kier alpha value is -2.21.